The topological polar surface area (TPSA) is 49.3 Å². The van der Waals surface area contributed by atoms with E-state index in [-0.39, 0.29) is 12.6 Å². The van der Waals surface area contributed by atoms with Crippen LogP contribution in [0.4, 0.5) is 17.6 Å². The number of carbonyl (C=O) groups excluding carboxylic acids is 1. The molecule has 0 spiro atoms. The van der Waals surface area contributed by atoms with E-state index < -0.39 is 40.8 Å². The Bertz CT molecular complexity index is 465. The molecule has 7 heteroatoms. The zero-order valence-electron chi connectivity index (χ0n) is 9.44. The summed E-state index contributed by atoms with van der Waals surface area (Å²) in [6.45, 7) is 1.45. The van der Waals surface area contributed by atoms with Gasteiger partial charge >= 0.3 is 0 Å². The van der Waals surface area contributed by atoms with E-state index in [1.54, 1.807) is 6.92 Å². The van der Waals surface area contributed by atoms with Crippen LogP contribution in [0.1, 0.15) is 23.7 Å². The lowest BCUT2D eigenvalue weighted by Crippen LogP contribution is -2.32. The number of aliphatic hydroxyl groups excluding tert-OH is 1. The van der Waals surface area contributed by atoms with E-state index in [2.05, 4.69) is 5.32 Å². The van der Waals surface area contributed by atoms with Crippen LogP contribution in [0.25, 0.3) is 0 Å². The van der Waals surface area contributed by atoms with Gasteiger partial charge in [0.2, 0.25) is 0 Å². The number of aliphatic hydroxyl groups is 1. The van der Waals surface area contributed by atoms with Gasteiger partial charge < -0.3 is 10.4 Å². The highest BCUT2D eigenvalue weighted by atomic mass is 19.2. The maximum absolute atomic E-state index is 13.2. The van der Waals surface area contributed by atoms with Crippen molar-refractivity contribution >= 4 is 5.91 Å². The fourth-order valence-electron chi connectivity index (χ4n) is 1.19. The third kappa shape index (κ3) is 2.98. The molecule has 0 aliphatic heterocycles. The lowest BCUT2D eigenvalue weighted by atomic mass is 10.1. The van der Waals surface area contributed by atoms with Crippen LogP contribution in [-0.4, -0.2) is 23.7 Å². The zero-order valence-corrected chi connectivity index (χ0v) is 9.44. The first-order chi connectivity index (χ1) is 8.38. The Labute approximate surface area is 100 Å². The van der Waals surface area contributed by atoms with Gasteiger partial charge in [-0.3, -0.25) is 4.79 Å². The van der Waals surface area contributed by atoms with Crippen LogP contribution in [0, 0.1) is 23.3 Å². The van der Waals surface area contributed by atoms with Gasteiger partial charge in [-0.05, 0) is 12.5 Å². The van der Waals surface area contributed by atoms with Crippen LogP contribution in [-0.2, 0) is 0 Å². The van der Waals surface area contributed by atoms with Gasteiger partial charge in [0, 0.05) is 6.54 Å². The maximum Gasteiger partial charge on any atom is 0.254 e. The largest absolute Gasteiger partial charge is 0.391 e. The summed E-state index contributed by atoms with van der Waals surface area (Å²) in [4.78, 5) is 11.4. The van der Waals surface area contributed by atoms with Crippen LogP contribution in [0.2, 0.25) is 0 Å². The fourth-order valence-corrected chi connectivity index (χ4v) is 1.19. The van der Waals surface area contributed by atoms with Crippen molar-refractivity contribution in [2.75, 3.05) is 6.54 Å². The van der Waals surface area contributed by atoms with Crippen molar-refractivity contribution in [1.29, 1.82) is 0 Å². The van der Waals surface area contributed by atoms with Gasteiger partial charge in [-0.15, -0.1) is 0 Å². The van der Waals surface area contributed by atoms with Gasteiger partial charge in [0.1, 0.15) is 0 Å². The van der Waals surface area contributed by atoms with Crippen molar-refractivity contribution in [2.45, 2.75) is 19.4 Å². The molecule has 0 aliphatic rings. The number of benzene rings is 1. The number of hydrogen-bond acceptors (Lipinski definition) is 2. The average Bonchev–Trinajstić information content (AvgIpc) is 2.37. The first-order valence-electron chi connectivity index (χ1n) is 5.17. The molecule has 0 unspecified atom stereocenters. The fraction of sp³-hybridized carbons (Fsp3) is 0.364. The van der Waals surface area contributed by atoms with E-state index >= 15 is 0 Å². The SMILES string of the molecule is CC[C@@H](O)CNC(=O)c1cc(F)c(F)c(F)c1F. The second-order valence-electron chi connectivity index (χ2n) is 3.62. The molecule has 1 amide bonds. The van der Waals surface area contributed by atoms with E-state index in [0.717, 1.165) is 0 Å². The standard InChI is InChI=1S/C11H11F4NO2/c1-2-5(17)4-16-11(18)6-3-7(12)9(14)10(15)8(6)13/h3,5,17H,2,4H2,1H3,(H,16,18)/t5-/m1/s1. The Kier molecular flexibility index (Phi) is 4.66. The Morgan fingerprint density at radius 3 is 2.44 bits per heavy atom. The zero-order chi connectivity index (χ0) is 13.9. The third-order valence-corrected chi connectivity index (χ3v) is 2.32. The van der Waals surface area contributed by atoms with E-state index in [4.69, 9.17) is 5.11 Å². The summed E-state index contributed by atoms with van der Waals surface area (Å²) in [5.74, 6) is -8.57. The number of halogens is 4. The predicted molar refractivity (Wildman–Crippen MR) is 54.9 cm³/mol. The number of rotatable bonds is 4. The summed E-state index contributed by atoms with van der Waals surface area (Å²) in [5, 5.41) is 11.2. The molecule has 0 aliphatic carbocycles. The van der Waals surface area contributed by atoms with Crippen molar-refractivity contribution < 1.29 is 27.5 Å². The number of amides is 1. The van der Waals surface area contributed by atoms with Crippen LogP contribution < -0.4 is 5.32 Å². The summed E-state index contributed by atoms with van der Waals surface area (Å²) in [7, 11) is 0. The lowest BCUT2D eigenvalue weighted by molar-refractivity contribution is 0.0908. The molecule has 1 aromatic carbocycles. The van der Waals surface area contributed by atoms with E-state index in [9.17, 15) is 22.4 Å². The first kappa shape index (κ1) is 14.4. The summed E-state index contributed by atoms with van der Waals surface area (Å²) < 4.78 is 51.5. The molecule has 0 saturated heterocycles. The minimum absolute atomic E-state index is 0.199. The quantitative estimate of drug-likeness (QED) is 0.495. The van der Waals surface area contributed by atoms with Crippen LogP contribution in [0.15, 0.2) is 6.07 Å². The summed E-state index contributed by atoms with van der Waals surface area (Å²) >= 11 is 0. The van der Waals surface area contributed by atoms with Gasteiger partial charge in [-0.2, -0.15) is 0 Å². The molecule has 1 aromatic rings. The van der Waals surface area contributed by atoms with Crippen molar-refractivity contribution in [3.63, 3.8) is 0 Å². The van der Waals surface area contributed by atoms with Gasteiger partial charge in [0.05, 0.1) is 11.7 Å². The first-order valence-corrected chi connectivity index (χ1v) is 5.17. The molecule has 0 radical (unpaired) electrons. The monoisotopic (exact) mass is 265 g/mol. The highest BCUT2D eigenvalue weighted by Crippen LogP contribution is 2.18. The second-order valence-corrected chi connectivity index (χ2v) is 3.62. The highest BCUT2D eigenvalue weighted by molar-refractivity contribution is 5.94. The summed E-state index contributed by atoms with van der Waals surface area (Å²) in [6.07, 6.45) is -0.512. The number of carbonyl (C=O) groups is 1. The van der Waals surface area contributed by atoms with E-state index in [1.165, 1.54) is 0 Å². The van der Waals surface area contributed by atoms with Crippen molar-refractivity contribution in [2.24, 2.45) is 0 Å². The van der Waals surface area contributed by atoms with Crippen LogP contribution in [0.3, 0.4) is 0 Å². The van der Waals surface area contributed by atoms with Crippen molar-refractivity contribution in [3.8, 4) is 0 Å². The minimum Gasteiger partial charge on any atom is -0.391 e. The smallest absolute Gasteiger partial charge is 0.254 e. The highest BCUT2D eigenvalue weighted by Gasteiger charge is 2.23. The molecule has 100 valence electrons. The summed E-state index contributed by atoms with van der Waals surface area (Å²) in [6, 6.07) is 0.265. The molecule has 18 heavy (non-hydrogen) atoms. The number of hydrogen-bond donors (Lipinski definition) is 2. The minimum atomic E-state index is -2.05. The lowest BCUT2D eigenvalue weighted by Gasteiger charge is -2.10. The van der Waals surface area contributed by atoms with Crippen LogP contribution in [0.5, 0.6) is 0 Å². The molecular weight excluding hydrogens is 254 g/mol. The molecule has 3 nitrogen and oxygen atoms in total. The molecule has 0 aromatic heterocycles. The molecule has 0 bridgehead atoms. The van der Waals surface area contributed by atoms with Gasteiger partial charge in [0.25, 0.3) is 5.91 Å². The maximum atomic E-state index is 13.2. The van der Waals surface area contributed by atoms with Gasteiger partial charge in [0.15, 0.2) is 23.3 Å². The Morgan fingerprint density at radius 2 is 1.89 bits per heavy atom. The molecule has 1 rings (SSSR count). The average molecular weight is 265 g/mol. The molecule has 0 heterocycles. The van der Waals surface area contributed by atoms with Gasteiger partial charge in [-0.25, -0.2) is 17.6 Å². The molecule has 0 fully saturated rings. The van der Waals surface area contributed by atoms with Crippen molar-refractivity contribution in [3.05, 3.63) is 34.9 Å². The number of nitrogens with one attached hydrogen (secondary N) is 1. The molecule has 0 saturated carbocycles. The summed E-state index contributed by atoms with van der Waals surface area (Å²) in [5.41, 5.74) is -0.949. The van der Waals surface area contributed by atoms with E-state index in [1.807, 2.05) is 0 Å². The van der Waals surface area contributed by atoms with Gasteiger partial charge in [-0.1, -0.05) is 6.92 Å². The normalized spacial score (nSPS) is 12.3. The third-order valence-electron chi connectivity index (χ3n) is 2.32. The van der Waals surface area contributed by atoms with E-state index in [0.29, 0.717) is 6.42 Å². The predicted octanol–water partition coefficient (Wildman–Crippen LogP) is 1.74. The molecular formula is C11H11F4NO2. The van der Waals surface area contributed by atoms with Crippen molar-refractivity contribution in [1.82, 2.24) is 5.32 Å². The Balaban J connectivity index is 2.93. The molecule has 2 N–H and O–H groups in total. The molecule has 1 atom stereocenters. The Hall–Kier alpha value is -1.63. The Morgan fingerprint density at radius 1 is 1.28 bits per heavy atom. The van der Waals surface area contributed by atoms with Crippen LogP contribution >= 0.6 is 0 Å². The second kappa shape index (κ2) is 5.81.